The van der Waals surface area contributed by atoms with E-state index >= 15 is 0 Å². The zero-order chi connectivity index (χ0) is 13.1. The lowest BCUT2D eigenvalue weighted by Gasteiger charge is -2.07. The molecule has 94 valence electrons. The summed E-state index contributed by atoms with van der Waals surface area (Å²) in [5.74, 6) is -1.92. The highest BCUT2D eigenvalue weighted by Gasteiger charge is 2.04. The Morgan fingerprint density at radius 3 is 2.17 bits per heavy atom. The molecular weight excluding hydrogens is 242 g/mol. The van der Waals surface area contributed by atoms with Crippen molar-refractivity contribution in [2.75, 3.05) is 0 Å². The van der Waals surface area contributed by atoms with Gasteiger partial charge in [-0.05, 0) is 17.7 Å². The Kier molecular flexibility index (Phi) is 3.32. The molecule has 2 rings (SSSR count). The standard InChI is InChI=1S/C13H10F2O3/c14-12-2-1-8(3-13(12)15)7-18-11-5-9(16)4-10(17)6-11/h1-6,16-17H,7H2. The SMILES string of the molecule is Oc1cc(O)cc(OCc2ccc(F)c(F)c2)c1. The molecule has 0 saturated heterocycles. The van der Waals surface area contributed by atoms with Crippen LogP contribution in [0.25, 0.3) is 0 Å². The van der Waals surface area contributed by atoms with Gasteiger partial charge in [-0.15, -0.1) is 0 Å². The zero-order valence-electron chi connectivity index (χ0n) is 9.23. The molecule has 2 aromatic carbocycles. The highest BCUT2D eigenvalue weighted by atomic mass is 19.2. The van der Waals surface area contributed by atoms with Crippen LogP contribution < -0.4 is 4.74 Å². The van der Waals surface area contributed by atoms with Gasteiger partial charge in [-0.25, -0.2) is 8.78 Å². The molecule has 0 aliphatic carbocycles. The van der Waals surface area contributed by atoms with Gasteiger partial charge in [-0.1, -0.05) is 6.07 Å². The molecule has 0 radical (unpaired) electrons. The van der Waals surface area contributed by atoms with Gasteiger partial charge in [0.15, 0.2) is 11.6 Å². The fourth-order valence-electron chi connectivity index (χ4n) is 1.45. The van der Waals surface area contributed by atoms with Crippen LogP contribution in [0.15, 0.2) is 36.4 Å². The topological polar surface area (TPSA) is 49.7 Å². The maximum atomic E-state index is 12.9. The van der Waals surface area contributed by atoms with Crippen molar-refractivity contribution in [3.63, 3.8) is 0 Å². The van der Waals surface area contributed by atoms with Crippen LogP contribution in [-0.4, -0.2) is 10.2 Å². The molecule has 2 N–H and O–H groups in total. The Morgan fingerprint density at radius 1 is 0.889 bits per heavy atom. The highest BCUT2D eigenvalue weighted by molar-refractivity contribution is 5.40. The van der Waals surface area contributed by atoms with E-state index in [1.54, 1.807) is 0 Å². The second kappa shape index (κ2) is 4.91. The maximum absolute atomic E-state index is 12.9. The van der Waals surface area contributed by atoms with E-state index in [0.29, 0.717) is 5.56 Å². The Bertz CT molecular complexity index is 550. The van der Waals surface area contributed by atoms with Gasteiger partial charge >= 0.3 is 0 Å². The van der Waals surface area contributed by atoms with Gasteiger partial charge in [-0.2, -0.15) is 0 Å². The lowest BCUT2D eigenvalue weighted by molar-refractivity contribution is 0.301. The summed E-state index contributed by atoms with van der Waals surface area (Å²) < 4.78 is 30.8. The number of ether oxygens (including phenoxy) is 1. The minimum atomic E-state index is -0.949. The summed E-state index contributed by atoms with van der Waals surface area (Å²) in [6.07, 6.45) is 0. The smallest absolute Gasteiger partial charge is 0.159 e. The van der Waals surface area contributed by atoms with Crippen LogP contribution in [0.2, 0.25) is 0 Å². The third kappa shape index (κ3) is 2.88. The van der Waals surface area contributed by atoms with Crippen molar-refractivity contribution >= 4 is 0 Å². The predicted octanol–water partition coefficient (Wildman–Crippen LogP) is 2.96. The van der Waals surface area contributed by atoms with Crippen molar-refractivity contribution in [3.8, 4) is 17.2 Å². The first-order chi connectivity index (χ1) is 8.54. The summed E-state index contributed by atoms with van der Waals surface area (Å²) in [6, 6.07) is 7.19. The Balaban J connectivity index is 2.08. The number of phenolic OH excluding ortho intramolecular Hbond substituents is 2. The lowest BCUT2D eigenvalue weighted by Crippen LogP contribution is -1.97. The van der Waals surface area contributed by atoms with E-state index in [4.69, 9.17) is 4.74 Å². The largest absolute Gasteiger partial charge is 0.508 e. The van der Waals surface area contributed by atoms with Crippen molar-refractivity contribution in [1.82, 2.24) is 0 Å². The number of hydrogen-bond acceptors (Lipinski definition) is 3. The van der Waals surface area contributed by atoms with Gasteiger partial charge in [-0.3, -0.25) is 0 Å². The molecule has 0 aliphatic heterocycles. The normalized spacial score (nSPS) is 10.3. The quantitative estimate of drug-likeness (QED) is 0.882. The van der Waals surface area contributed by atoms with E-state index in [2.05, 4.69) is 0 Å². The average Bonchev–Trinajstić information content (AvgIpc) is 2.29. The van der Waals surface area contributed by atoms with Crippen LogP contribution in [0.1, 0.15) is 5.56 Å². The van der Waals surface area contributed by atoms with E-state index in [9.17, 15) is 19.0 Å². The fraction of sp³-hybridized carbons (Fsp3) is 0.0769. The minimum absolute atomic E-state index is 0.0000926. The van der Waals surface area contributed by atoms with Crippen LogP contribution in [0, 0.1) is 11.6 Å². The van der Waals surface area contributed by atoms with Gasteiger partial charge in [0.25, 0.3) is 0 Å². The van der Waals surface area contributed by atoms with Crippen LogP contribution in [0.5, 0.6) is 17.2 Å². The molecule has 0 saturated carbocycles. The summed E-state index contributed by atoms with van der Waals surface area (Å²) in [7, 11) is 0. The van der Waals surface area contributed by atoms with Crippen LogP contribution >= 0.6 is 0 Å². The Labute approximate surface area is 102 Å². The molecule has 0 heterocycles. The van der Waals surface area contributed by atoms with E-state index < -0.39 is 11.6 Å². The van der Waals surface area contributed by atoms with Gasteiger partial charge in [0.1, 0.15) is 23.9 Å². The van der Waals surface area contributed by atoms with E-state index in [1.165, 1.54) is 18.2 Å². The monoisotopic (exact) mass is 252 g/mol. The van der Waals surface area contributed by atoms with E-state index in [-0.39, 0.29) is 23.9 Å². The van der Waals surface area contributed by atoms with Crippen molar-refractivity contribution in [2.24, 2.45) is 0 Å². The van der Waals surface area contributed by atoms with E-state index in [0.717, 1.165) is 18.2 Å². The molecule has 5 heteroatoms. The highest BCUT2D eigenvalue weighted by Crippen LogP contribution is 2.26. The summed E-state index contributed by atoms with van der Waals surface area (Å²) in [5.41, 5.74) is 0.441. The van der Waals surface area contributed by atoms with Crippen molar-refractivity contribution in [1.29, 1.82) is 0 Å². The third-order valence-corrected chi connectivity index (χ3v) is 2.27. The van der Waals surface area contributed by atoms with Crippen LogP contribution in [-0.2, 0) is 6.61 Å². The Hall–Kier alpha value is -2.30. The molecular formula is C13H10F2O3. The van der Waals surface area contributed by atoms with Crippen molar-refractivity contribution < 1.29 is 23.7 Å². The third-order valence-electron chi connectivity index (χ3n) is 2.27. The second-order valence-corrected chi connectivity index (χ2v) is 3.72. The molecule has 18 heavy (non-hydrogen) atoms. The number of rotatable bonds is 3. The number of benzene rings is 2. The van der Waals surface area contributed by atoms with Crippen molar-refractivity contribution in [2.45, 2.75) is 6.61 Å². The Morgan fingerprint density at radius 2 is 1.56 bits per heavy atom. The van der Waals surface area contributed by atoms with E-state index in [1.807, 2.05) is 0 Å². The molecule has 0 unspecified atom stereocenters. The summed E-state index contributed by atoms with van der Waals surface area (Å²) in [5, 5.41) is 18.4. The number of hydrogen-bond donors (Lipinski definition) is 2. The number of aromatic hydroxyl groups is 2. The average molecular weight is 252 g/mol. The first-order valence-electron chi connectivity index (χ1n) is 5.14. The summed E-state index contributed by atoms with van der Waals surface area (Å²) in [4.78, 5) is 0. The molecule has 2 aromatic rings. The zero-order valence-corrected chi connectivity index (χ0v) is 9.23. The van der Waals surface area contributed by atoms with Crippen LogP contribution in [0.3, 0.4) is 0 Å². The summed E-state index contributed by atoms with van der Waals surface area (Å²) >= 11 is 0. The second-order valence-electron chi connectivity index (χ2n) is 3.72. The predicted molar refractivity (Wildman–Crippen MR) is 60.5 cm³/mol. The molecule has 0 aromatic heterocycles. The summed E-state index contributed by atoms with van der Waals surface area (Å²) in [6.45, 7) is 0.0000926. The molecule has 0 atom stereocenters. The lowest BCUT2D eigenvalue weighted by atomic mass is 10.2. The molecule has 0 spiro atoms. The molecule has 0 aliphatic rings. The molecule has 0 fully saturated rings. The van der Waals surface area contributed by atoms with Crippen molar-refractivity contribution in [3.05, 3.63) is 53.6 Å². The minimum Gasteiger partial charge on any atom is -0.508 e. The number of halogens is 2. The molecule has 0 bridgehead atoms. The van der Waals surface area contributed by atoms with Gasteiger partial charge in [0, 0.05) is 18.2 Å². The molecule has 0 amide bonds. The first kappa shape index (κ1) is 12.2. The van der Waals surface area contributed by atoms with Gasteiger partial charge in [0.05, 0.1) is 0 Å². The maximum Gasteiger partial charge on any atom is 0.159 e. The van der Waals surface area contributed by atoms with Gasteiger partial charge < -0.3 is 14.9 Å². The first-order valence-corrected chi connectivity index (χ1v) is 5.14. The number of phenols is 2. The fourth-order valence-corrected chi connectivity index (χ4v) is 1.45. The van der Waals surface area contributed by atoms with Gasteiger partial charge in [0.2, 0.25) is 0 Å². The molecule has 3 nitrogen and oxygen atoms in total. The van der Waals surface area contributed by atoms with Crippen LogP contribution in [0.4, 0.5) is 8.78 Å².